The molecule has 2 aromatic rings. The summed E-state index contributed by atoms with van der Waals surface area (Å²) in [6, 6.07) is 12.2. The molecule has 154 valence electrons. The van der Waals surface area contributed by atoms with Gasteiger partial charge in [-0.1, -0.05) is 29.8 Å². The van der Waals surface area contributed by atoms with Crippen LogP contribution in [0.3, 0.4) is 0 Å². The van der Waals surface area contributed by atoms with Gasteiger partial charge >= 0.3 is 5.97 Å². The molecule has 1 N–H and O–H groups in total. The monoisotopic (exact) mass is 417 g/mol. The normalized spacial score (nSPS) is 11.7. The van der Waals surface area contributed by atoms with Crippen LogP contribution in [0.2, 0.25) is 5.02 Å². The van der Waals surface area contributed by atoms with Gasteiger partial charge in [0, 0.05) is 11.1 Å². The highest BCUT2D eigenvalue weighted by Crippen LogP contribution is 2.28. The van der Waals surface area contributed by atoms with Gasteiger partial charge in [-0.2, -0.15) is 0 Å². The van der Waals surface area contributed by atoms with E-state index < -0.39 is 11.9 Å². The number of benzene rings is 2. The molecule has 0 aliphatic rings. The lowest BCUT2D eigenvalue weighted by atomic mass is 10.1. The molecule has 0 saturated heterocycles. The zero-order valence-corrected chi connectivity index (χ0v) is 17.4. The van der Waals surface area contributed by atoms with E-state index >= 15 is 0 Å². The Hall–Kier alpha value is -2.99. The maximum Gasteiger partial charge on any atom is 0.331 e. The van der Waals surface area contributed by atoms with E-state index in [0.717, 1.165) is 11.1 Å². The zero-order valence-electron chi connectivity index (χ0n) is 16.6. The van der Waals surface area contributed by atoms with E-state index in [1.54, 1.807) is 43.5 Å². The van der Waals surface area contributed by atoms with Gasteiger partial charge in [-0.3, -0.25) is 4.79 Å². The summed E-state index contributed by atoms with van der Waals surface area (Å²) in [5.74, 6) is 0.184. The van der Waals surface area contributed by atoms with Crippen LogP contribution in [-0.4, -0.2) is 32.2 Å². The maximum absolute atomic E-state index is 12.0. The van der Waals surface area contributed by atoms with Crippen LogP contribution < -0.4 is 14.8 Å². The van der Waals surface area contributed by atoms with E-state index in [2.05, 4.69) is 5.32 Å². The minimum Gasteiger partial charge on any atom is -0.493 e. The minimum atomic E-state index is -0.618. The molecule has 0 aliphatic carbocycles. The Kier molecular flexibility index (Phi) is 8.55. The summed E-state index contributed by atoms with van der Waals surface area (Å²) in [5.41, 5.74) is 1.64. The molecular weight excluding hydrogens is 394 g/mol. The van der Waals surface area contributed by atoms with E-state index in [-0.39, 0.29) is 12.6 Å². The molecule has 0 fully saturated rings. The topological polar surface area (TPSA) is 73.9 Å². The first-order chi connectivity index (χ1) is 13.9. The molecule has 6 nitrogen and oxygen atoms in total. The van der Waals surface area contributed by atoms with E-state index in [1.807, 2.05) is 26.0 Å². The molecule has 0 bridgehead atoms. The Morgan fingerprint density at radius 1 is 1.14 bits per heavy atom. The van der Waals surface area contributed by atoms with E-state index in [9.17, 15) is 9.59 Å². The summed E-state index contributed by atoms with van der Waals surface area (Å²) in [7, 11) is 1.54. The number of carbonyl (C=O) groups excluding carboxylic acids is 2. The second-order valence-electron chi connectivity index (χ2n) is 6.13. The molecule has 0 unspecified atom stereocenters. The number of esters is 1. The van der Waals surface area contributed by atoms with Crippen molar-refractivity contribution in [2.24, 2.45) is 0 Å². The maximum atomic E-state index is 12.0. The largest absolute Gasteiger partial charge is 0.493 e. The lowest BCUT2D eigenvalue weighted by Crippen LogP contribution is -2.30. The number of ether oxygens (including phenoxy) is 3. The van der Waals surface area contributed by atoms with Gasteiger partial charge in [-0.15, -0.1) is 0 Å². The summed E-state index contributed by atoms with van der Waals surface area (Å²) in [4.78, 5) is 23.9. The van der Waals surface area contributed by atoms with Gasteiger partial charge in [0.2, 0.25) is 0 Å². The number of hydrogen-bond donors (Lipinski definition) is 1. The Morgan fingerprint density at radius 2 is 1.86 bits per heavy atom. The van der Waals surface area contributed by atoms with Crippen molar-refractivity contribution in [3.05, 3.63) is 64.7 Å². The third-order valence-electron chi connectivity index (χ3n) is 3.99. The average molecular weight is 418 g/mol. The Balaban J connectivity index is 1.84. The van der Waals surface area contributed by atoms with Crippen molar-refractivity contribution in [2.45, 2.75) is 19.9 Å². The summed E-state index contributed by atoms with van der Waals surface area (Å²) in [5, 5.41) is 3.39. The van der Waals surface area contributed by atoms with E-state index in [4.69, 9.17) is 25.8 Å². The van der Waals surface area contributed by atoms with Crippen LogP contribution >= 0.6 is 11.6 Å². The van der Waals surface area contributed by atoms with Gasteiger partial charge in [0.05, 0.1) is 19.8 Å². The predicted molar refractivity (Wildman–Crippen MR) is 112 cm³/mol. The molecule has 0 radical (unpaired) electrons. The van der Waals surface area contributed by atoms with Gasteiger partial charge in [-0.25, -0.2) is 4.79 Å². The van der Waals surface area contributed by atoms with Crippen LogP contribution in [-0.2, 0) is 14.3 Å². The number of carbonyl (C=O) groups is 2. The highest BCUT2D eigenvalue weighted by Gasteiger charge is 2.11. The van der Waals surface area contributed by atoms with Gasteiger partial charge < -0.3 is 19.5 Å². The second-order valence-corrected chi connectivity index (χ2v) is 6.56. The third-order valence-corrected chi connectivity index (χ3v) is 4.24. The number of halogens is 1. The molecule has 29 heavy (non-hydrogen) atoms. The number of methoxy groups -OCH3 is 1. The van der Waals surface area contributed by atoms with Gasteiger partial charge in [-0.05, 0) is 55.3 Å². The number of nitrogens with one attached hydrogen (secondary N) is 1. The average Bonchev–Trinajstić information content (AvgIpc) is 2.72. The molecule has 1 atom stereocenters. The summed E-state index contributed by atoms with van der Waals surface area (Å²) in [6.07, 6.45) is 2.83. The lowest BCUT2D eigenvalue weighted by Gasteiger charge is -2.14. The Morgan fingerprint density at radius 3 is 2.52 bits per heavy atom. The molecule has 0 heterocycles. The van der Waals surface area contributed by atoms with E-state index in [1.165, 1.54) is 6.08 Å². The van der Waals surface area contributed by atoms with Gasteiger partial charge in [0.25, 0.3) is 5.91 Å². The molecule has 1 amide bonds. The third kappa shape index (κ3) is 7.16. The molecule has 7 heteroatoms. The van der Waals surface area contributed by atoms with Crippen LogP contribution in [0.4, 0.5) is 0 Å². The molecular formula is C22H24ClNO5. The first-order valence-electron chi connectivity index (χ1n) is 9.13. The fourth-order valence-electron chi connectivity index (χ4n) is 2.53. The van der Waals surface area contributed by atoms with Crippen molar-refractivity contribution >= 4 is 29.6 Å². The highest BCUT2D eigenvalue weighted by atomic mass is 35.5. The van der Waals surface area contributed by atoms with Crippen LogP contribution in [0.1, 0.15) is 31.0 Å². The number of amides is 1. The van der Waals surface area contributed by atoms with Crippen molar-refractivity contribution < 1.29 is 23.8 Å². The summed E-state index contributed by atoms with van der Waals surface area (Å²) < 4.78 is 15.7. The van der Waals surface area contributed by atoms with Crippen molar-refractivity contribution in [1.29, 1.82) is 0 Å². The fourth-order valence-corrected chi connectivity index (χ4v) is 2.66. The van der Waals surface area contributed by atoms with Crippen LogP contribution in [0.5, 0.6) is 11.5 Å². The Bertz CT molecular complexity index is 864. The second kappa shape index (κ2) is 11.1. The van der Waals surface area contributed by atoms with Gasteiger partial charge in [0.15, 0.2) is 18.1 Å². The standard InChI is InChI=1S/C22H24ClNO5/c1-4-28-19-11-5-16(13-20(19)27-3)6-12-22(26)29-14-21(25)24-15(2)17-7-9-18(23)10-8-17/h5-13,15H,4,14H2,1-3H3,(H,24,25)/b12-6+/t15-/m0/s1. The predicted octanol–water partition coefficient (Wildman–Crippen LogP) is 4.18. The van der Waals surface area contributed by atoms with Crippen LogP contribution in [0.25, 0.3) is 6.08 Å². The van der Waals surface area contributed by atoms with Crippen molar-refractivity contribution in [3.8, 4) is 11.5 Å². The van der Waals surface area contributed by atoms with Crippen LogP contribution in [0, 0.1) is 0 Å². The molecule has 0 aliphatic heterocycles. The first-order valence-corrected chi connectivity index (χ1v) is 9.51. The Labute approximate surface area is 175 Å². The molecule has 0 saturated carbocycles. The fraction of sp³-hybridized carbons (Fsp3) is 0.273. The lowest BCUT2D eigenvalue weighted by molar-refractivity contribution is -0.144. The van der Waals surface area contributed by atoms with Crippen molar-refractivity contribution in [1.82, 2.24) is 5.32 Å². The highest BCUT2D eigenvalue weighted by molar-refractivity contribution is 6.30. The SMILES string of the molecule is CCOc1ccc(/C=C/C(=O)OCC(=O)N[C@@H](C)c2ccc(Cl)cc2)cc1OC. The summed E-state index contributed by atoms with van der Waals surface area (Å²) >= 11 is 5.85. The number of rotatable bonds is 9. The van der Waals surface area contributed by atoms with Gasteiger partial charge in [0.1, 0.15) is 0 Å². The minimum absolute atomic E-state index is 0.231. The zero-order chi connectivity index (χ0) is 21.2. The quantitative estimate of drug-likeness (QED) is 0.489. The van der Waals surface area contributed by atoms with Crippen LogP contribution in [0.15, 0.2) is 48.5 Å². The van der Waals surface area contributed by atoms with E-state index in [0.29, 0.717) is 23.1 Å². The smallest absolute Gasteiger partial charge is 0.331 e. The van der Waals surface area contributed by atoms with Crippen molar-refractivity contribution in [2.75, 3.05) is 20.3 Å². The molecule has 2 aromatic carbocycles. The number of hydrogen-bond acceptors (Lipinski definition) is 5. The van der Waals surface area contributed by atoms with Crippen molar-refractivity contribution in [3.63, 3.8) is 0 Å². The summed E-state index contributed by atoms with van der Waals surface area (Å²) in [6.45, 7) is 3.88. The first kappa shape index (κ1) is 22.3. The molecule has 0 aromatic heterocycles. The molecule has 0 spiro atoms. The molecule has 2 rings (SSSR count).